The summed E-state index contributed by atoms with van der Waals surface area (Å²) in [5.74, 6) is -2.76. The molecular formula is C15H22F3N3O4. The van der Waals surface area contributed by atoms with Gasteiger partial charge in [-0.1, -0.05) is 0 Å². The van der Waals surface area contributed by atoms with E-state index >= 15 is 0 Å². The molecule has 2 N–H and O–H groups in total. The van der Waals surface area contributed by atoms with Gasteiger partial charge in [-0.05, 0) is 25.3 Å². The number of nitrogens with zero attached hydrogens (tertiary/aromatic N) is 2. The molecule has 1 aliphatic heterocycles. The molecular weight excluding hydrogens is 343 g/mol. The molecule has 0 aromatic carbocycles. The summed E-state index contributed by atoms with van der Waals surface area (Å²) in [6.07, 6.45) is 2.55. The first-order valence-electron chi connectivity index (χ1n) is 8.12. The molecule has 2 fully saturated rings. The Hall–Kier alpha value is -1.65. The highest BCUT2D eigenvalue weighted by atomic mass is 19.4. The number of hydrogen-bond donors (Lipinski definition) is 2. The van der Waals surface area contributed by atoms with E-state index in [9.17, 15) is 13.2 Å². The Bertz CT molecular complexity index is 525. The van der Waals surface area contributed by atoms with Crippen LogP contribution in [0.5, 0.6) is 0 Å². The Labute approximate surface area is 143 Å². The van der Waals surface area contributed by atoms with Crippen LogP contribution < -0.4 is 5.32 Å². The fraction of sp³-hybridized carbons (Fsp3) is 0.733. The van der Waals surface area contributed by atoms with E-state index in [4.69, 9.17) is 19.4 Å². The van der Waals surface area contributed by atoms with Gasteiger partial charge in [0.05, 0.1) is 18.8 Å². The van der Waals surface area contributed by atoms with Gasteiger partial charge in [-0.25, -0.2) is 4.79 Å². The minimum atomic E-state index is -5.08. The van der Waals surface area contributed by atoms with Gasteiger partial charge < -0.3 is 19.9 Å². The van der Waals surface area contributed by atoms with Crippen molar-refractivity contribution in [3.05, 3.63) is 18.5 Å². The van der Waals surface area contributed by atoms with Gasteiger partial charge in [-0.2, -0.15) is 18.3 Å². The summed E-state index contributed by atoms with van der Waals surface area (Å²) in [7, 11) is 0. The summed E-state index contributed by atoms with van der Waals surface area (Å²) < 4.78 is 45.5. The van der Waals surface area contributed by atoms with Crippen LogP contribution in [0.1, 0.15) is 19.3 Å². The van der Waals surface area contributed by atoms with Crippen LogP contribution in [-0.2, 0) is 20.8 Å². The molecule has 2 aliphatic rings. The zero-order chi connectivity index (χ0) is 18.3. The minimum Gasteiger partial charge on any atom is -0.475 e. The number of ether oxygens (including phenoxy) is 2. The number of alkyl halides is 3. The third-order valence-electron chi connectivity index (χ3n) is 4.01. The molecule has 25 heavy (non-hydrogen) atoms. The average molecular weight is 365 g/mol. The molecule has 3 atom stereocenters. The van der Waals surface area contributed by atoms with Gasteiger partial charge in [-0.3, -0.25) is 4.68 Å². The van der Waals surface area contributed by atoms with E-state index in [1.54, 1.807) is 0 Å². The molecule has 3 rings (SSSR count). The number of halogens is 3. The molecule has 1 saturated carbocycles. The molecule has 0 spiro atoms. The minimum absolute atomic E-state index is 0.267. The molecule has 1 aromatic heterocycles. The normalized spacial score (nSPS) is 25.8. The van der Waals surface area contributed by atoms with E-state index in [1.807, 2.05) is 23.1 Å². The lowest BCUT2D eigenvalue weighted by Gasteiger charge is -2.30. The van der Waals surface area contributed by atoms with Gasteiger partial charge in [0, 0.05) is 38.1 Å². The maximum Gasteiger partial charge on any atom is 0.490 e. The number of rotatable bonds is 5. The van der Waals surface area contributed by atoms with E-state index < -0.39 is 12.1 Å². The van der Waals surface area contributed by atoms with Crippen LogP contribution in [0.4, 0.5) is 13.2 Å². The zero-order valence-corrected chi connectivity index (χ0v) is 13.6. The van der Waals surface area contributed by atoms with Gasteiger partial charge in [0.1, 0.15) is 0 Å². The molecule has 1 aliphatic carbocycles. The van der Waals surface area contributed by atoms with Gasteiger partial charge in [0.15, 0.2) is 0 Å². The number of aliphatic carboxylic acids is 1. The van der Waals surface area contributed by atoms with Crippen LogP contribution in [-0.4, -0.2) is 65.0 Å². The number of morpholine rings is 1. The predicted molar refractivity (Wildman–Crippen MR) is 81.0 cm³/mol. The summed E-state index contributed by atoms with van der Waals surface area (Å²) in [6, 6.07) is 2.46. The number of carboxylic acids is 1. The van der Waals surface area contributed by atoms with Gasteiger partial charge in [-0.15, -0.1) is 0 Å². The van der Waals surface area contributed by atoms with Gasteiger partial charge in [0.25, 0.3) is 0 Å². The van der Waals surface area contributed by atoms with Gasteiger partial charge in [0.2, 0.25) is 0 Å². The van der Waals surface area contributed by atoms with E-state index in [0.717, 1.165) is 39.1 Å². The lowest BCUT2D eigenvalue weighted by Crippen LogP contribution is -2.49. The smallest absolute Gasteiger partial charge is 0.475 e. The zero-order valence-electron chi connectivity index (χ0n) is 13.6. The lowest BCUT2D eigenvalue weighted by molar-refractivity contribution is -0.192. The van der Waals surface area contributed by atoms with Crippen molar-refractivity contribution < 1.29 is 32.5 Å². The molecule has 10 heteroatoms. The Balaban J connectivity index is 0.000000277. The maximum absolute atomic E-state index is 10.6. The molecule has 0 radical (unpaired) electrons. The quantitative estimate of drug-likeness (QED) is 0.768. The van der Waals surface area contributed by atoms with E-state index in [0.29, 0.717) is 6.04 Å². The van der Waals surface area contributed by atoms with Crippen LogP contribution >= 0.6 is 0 Å². The van der Waals surface area contributed by atoms with E-state index in [1.165, 1.54) is 6.42 Å². The van der Waals surface area contributed by atoms with Crippen molar-refractivity contribution in [2.24, 2.45) is 0 Å². The predicted octanol–water partition coefficient (Wildman–Crippen LogP) is 1.44. The number of carbonyl (C=O) groups is 1. The highest BCUT2D eigenvalue weighted by Crippen LogP contribution is 2.27. The molecule has 7 nitrogen and oxygen atoms in total. The van der Waals surface area contributed by atoms with Crippen molar-refractivity contribution in [1.29, 1.82) is 0 Å². The van der Waals surface area contributed by atoms with Crippen LogP contribution in [0.25, 0.3) is 0 Å². The Morgan fingerprint density at radius 2 is 2.20 bits per heavy atom. The molecule has 1 aromatic rings. The topological polar surface area (TPSA) is 85.6 Å². The molecule has 1 saturated heterocycles. The van der Waals surface area contributed by atoms with Crippen molar-refractivity contribution in [3.63, 3.8) is 0 Å². The van der Waals surface area contributed by atoms with E-state index in [2.05, 4.69) is 10.4 Å². The molecule has 0 unspecified atom stereocenters. The lowest BCUT2D eigenvalue weighted by atomic mass is 10.2. The fourth-order valence-electron chi connectivity index (χ4n) is 2.88. The first kappa shape index (κ1) is 19.7. The standard InChI is InChI=1S/C13H21N3O2.C2HF3O2/c1-5-15-16(7-1)8-2-9-17-12-4-3-11-13(12)18-10-6-14-11;3-2(4,5)1(6)7/h1,5,7,11-14H,2-4,6,8-10H2;(H,6,7)/t11-,12+,13+;/m0./s1. The first-order valence-corrected chi connectivity index (χ1v) is 8.12. The first-order chi connectivity index (χ1) is 11.9. The highest BCUT2D eigenvalue weighted by molar-refractivity contribution is 5.73. The molecule has 0 amide bonds. The average Bonchev–Trinajstić information content (AvgIpc) is 3.21. The van der Waals surface area contributed by atoms with Crippen molar-refractivity contribution in [1.82, 2.24) is 15.1 Å². The summed E-state index contributed by atoms with van der Waals surface area (Å²) in [5.41, 5.74) is 0. The van der Waals surface area contributed by atoms with Crippen LogP contribution in [0.2, 0.25) is 0 Å². The second-order valence-electron chi connectivity index (χ2n) is 5.81. The van der Waals surface area contributed by atoms with Crippen molar-refractivity contribution >= 4 is 5.97 Å². The number of fused-ring (bicyclic) bond motifs is 1. The Kier molecular flexibility index (Phi) is 7.21. The fourth-order valence-corrected chi connectivity index (χ4v) is 2.88. The largest absolute Gasteiger partial charge is 0.490 e. The number of carboxylic acid groups (broad SMARTS) is 1. The van der Waals surface area contributed by atoms with E-state index in [-0.39, 0.29) is 12.2 Å². The molecule has 2 heterocycles. The number of hydrogen-bond acceptors (Lipinski definition) is 5. The number of aryl methyl sites for hydroxylation is 1. The van der Waals surface area contributed by atoms with Crippen LogP contribution in [0.15, 0.2) is 18.5 Å². The summed E-state index contributed by atoms with van der Waals surface area (Å²) in [5, 5.41) is 14.8. The molecule has 0 bridgehead atoms. The van der Waals surface area contributed by atoms with Gasteiger partial charge >= 0.3 is 12.1 Å². The third kappa shape index (κ3) is 6.29. The van der Waals surface area contributed by atoms with Crippen molar-refractivity contribution in [2.45, 2.75) is 50.2 Å². The van der Waals surface area contributed by atoms with Crippen LogP contribution in [0.3, 0.4) is 0 Å². The SMILES string of the molecule is O=C(O)C(F)(F)F.c1cnn(CCCO[C@@H]2CC[C@@H]3NCCO[C@H]32)c1. The Morgan fingerprint density at radius 3 is 2.84 bits per heavy atom. The summed E-state index contributed by atoms with van der Waals surface area (Å²) in [4.78, 5) is 8.90. The second kappa shape index (κ2) is 9.16. The monoisotopic (exact) mass is 365 g/mol. The van der Waals surface area contributed by atoms with Crippen molar-refractivity contribution in [3.8, 4) is 0 Å². The Morgan fingerprint density at radius 1 is 1.44 bits per heavy atom. The summed E-state index contributed by atoms with van der Waals surface area (Å²) >= 11 is 0. The summed E-state index contributed by atoms with van der Waals surface area (Å²) in [6.45, 7) is 3.51. The van der Waals surface area contributed by atoms with Crippen molar-refractivity contribution in [2.75, 3.05) is 19.8 Å². The number of nitrogens with one attached hydrogen (secondary N) is 1. The number of aromatic nitrogens is 2. The third-order valence-corrected chi connectivity index (χ3v) is 4.01. The maximum atomic E-state index is 10.6. The van der Waals surface area contributed by atoms with Crippen LogP contribution in [0, 0.1) is 0 Å². The second-order valence-corrected chi connectivity index (χ2v) is 5.81. The highest BCUT2D eigenvalue weighted by Gasteiger charge is 2.39. The molecule has 142 valence electrons.